The Morgan fingerprint density at radius 3 is 2.28 bits per heavy atom. The van der Waals surface area contributed by atoms with Crippen LogP contribution in [0.25, 0.3) is 0 Å². The number of phenolic OH excluding ortho intramolecular Hbond substituents is 1. The minimum atomic E-state index is -0.979. The number of hydrogen-bond acceptors (Lipinski definition) is 5. The fourth-order valence-corrected chi connectivity index (χ4v) is 4.11. The van der Waals surface area contributed by atoms with Crippen LogP contribution in [0.1, 0.15) is 76.8 Å². The topological polar surface area (TPSA) is 93.1 Å². The number of carboxylic acid groups (broad SMARTS) is 1. The molecule has 1 saturated carbocycles. The Kier molecular flexibility index (Phi) is 8.14. The molecule has 2 aromatic rings. The number of ether oxygens (including phenoxy) is 2. The number of aryl methyl sites for hydroxylation is 1. The molecular formula is C26H32O6. The van der Waals surface area contributed by atoms with Gasteiger partial charge in [0.1, 0.15) is 17.2 Å². The van der Waals surface area contributed by atoms with Gasteiger partial charge in [0.2, 0.25) is 0 Å². The molecule has 0 bridgehead atoms. The highest BCUT2D eigenvalue weighted by molar-refractivity contribution is 5.99. The number of ketones is 1. The second kappa shape index (κ2) is 11.0. The second-order valence-corrected chi connectivity index (χ2v) is 8.55. The summed E-state index contributed by atoms with van der Waals surface area (Å²) < 4.78 is 11.5. The van der Waals surface area contributed by atoms with Gasteiger partial charge < -0.3 is 19.7 Å². The average Bonchev–Trinajstić information content (AvgIpc) is 3.27. The number of Topliss-reactive ketones (excluding diaryl/α,β-unsaturated/α-hetero) is 1. The molecule has 172 valence electrons. The lowest BCUT2D eigenvalue weighted by atomic mass is 9.95. The molecule has 1 fully saturated rings. The van der Waals surface area contributed by atoms with Crippen molar-refractivity contribution in [3.05, 3.63) is 52.6 Å². The van der Waals surface area contributed by atoms with E-state index in [1.165, 1.54) is 18.9 Å². The van der Waals surface area contributed by atoms with Gasteiger partial charge in [0.25, 0.3) is 0 Å². The summed E-state index contributed by atoms with van der Waals surface area (Å²) in [4.78, 5) is 23.7. The van der Waals surface area contributed by atoms with E-state index in [2.05, 4.69) is 0 Å². The highest BCUT2D eigenvalue weighted by atomic mass is 16.5. The summed E-state index contributed by atoms with van der Waals surface area (Å²) in [6.07, 6.45) is 6.55. The predicted molar refractivity (Wildman–Crippen MR) is 122 cm³/mol. The quantitative estimate of drug-likeness (QED) is 0.343. The number of phenols is 1. The molecule has 1 aliphatic rings. The van der Waals surface area contributed by atoms with Crippen LogP contribution in [0.2, 0.25) is 0 Å². The molecule has 0 amide bonds. The third-order valence-electron chi connectivity index (χ3n) is 6.12. The first-order chi connectivity index (χ1) is 15.4. The number of unbranched alkanes of at least 4 members (excludes halogenated alkanes) is 1. The average molecular weight is 441 g/mol. The normalized spacial score (nSPS) is 13.8. The molecule has 0 aromatic heterocycles. The zero-order valence-corrected chi connectivity index (χ0v) is 18.9. The highest BCUT2D eigenvalue weighted by Gasteiger charge is 2.22. The standard InChI is InChI=1S/C26H32O6/c1-17-9-10-20(26(29)30)16-24(17)32-14-6-5-13-31-23-12-11-21(25(28)18(23)2)22(27)15-19-7-3-4-8-19/h9-12,16,19,28H,3-8,13-15H2,1-2H3,(H,29,30). The molecule has 0 atom stereocenters. The molecule has 0 unspecified atom stereocenters. The van der Waals surface area contributed by atoms with Gasteiger partial charge in [0, 0.05) is 12.0 Å². The van der Waals surface area contributed by atoms with Gasteiger partial charge in [0.15, 0.2) is 5.78 Å². The zero-order valence-electron chi connectivity index (χ0n) is 18.9. The summed E-state index contributed by atoms with van der Waals surface area (Å²) in [5, 5.41) is 19.6. The lowest BCUT2D eigenvalue weighted by Gasteiger charge is -2.14. The van der Waals surface area contributed by atoms with Crippen LogP contribution in [0.4, 0.5) is 0 Å². The largest absolute Gasteiger partial charge is 0.507 e. The molecule has 6 heteroatoms. The number of aromatic hydroxyl groups is 1. The van der Waals surface area contributed by atoms with Gasteiger partial charge in [-0.3, -0.25) is 4.79 Å². The molecule has 32 heavy (non-hydrogen) atoms. The smallest absolute Gasteiger partial charge is 0.335 e. The number of carbonyl (C=O) groups excluding carboxylic acids is 1. The van der Waals surface area contributed by atoms with Crippen LogP contribution < -0.4 is 9.47 Å². The fraction of sp³-hybridized carbons (Fsp3) is 0.462. The number of rotatable bonds is 11. The molecule has 2 N–H and O–H groups in total. The van der Waals surface area contributed by atoms with Crippen LogP contribution in [0.3, 0.4) is 0 Å². The van der Waals surface area contributed by atoms with E-state index in [4.69, 9.17) is 14.6 Å². The van der Waals surface area contributed by atoms with Gasteiger partial charge in [-0.1, -0.05) is 31.7 Å². The van der Waals surface area contributed by atoms with Crippen molar-refractivity contribution in [1.29, 1.82) is 0 Å². The van der Waals surface area contributed by atoms with Crippen molar-refractivity contribution in [1.82, 2.24) is 0 Å². The first kappa shape index (κ1) is 23.6. The summed E-state index contributed by atoms with van der Waals surface area (Å²) in [6.45, 7) is 4.54. The molecule has 3 rings (SSSR count). The van der Waals surface area contributed by atoms with Crippen molar-refractivity contribution in [2.45, 2.75) is 58.8 Å². The number of aromatic carboxylic acids is 1. The summed E-state index contributed by atoms with van der Waals surface area (Å²) in [7, 11) is 0. The molecule has 6 nitrogen and oxygen atoms in total. The Hall–Kier alpha value is -3.02. The van der Waals surface area contributed by atoms with Crippen LogP contribution >= 0.6 is 0 Å². The van der Waals surface area contributed by atoms with Crippen molar-refractivity contribution in [3.63, 3.8) is 0 Å². The first-order valence-electron chi connectivity index (χ1n) is 11.3. The van der Waals surface area contributed by atoms with Crippen LogP contribution in [-0.2, 0) is 0 Å². The van der Waals surface area contributed by atoms with Crippen LogP contribution in [0, 0.1) is 19.8 Å². The Morgan fingerprint density at radius 2 is 1.62 bits per heavy atom. The van der Waals surface area contributed by atoms with Gasteiger partial charge in [-0.15, -0.1) is 0 Å². The monoisotopic (exact) mass is 440 g/mol. The molecule has 1 aliphatic carbocycles. The van der Waals surface area contributed by atoms with E-state index in [1.54, 1.807) is 31.2 Å². The summed E-state index contributed by atoms with van der Waals surface area (Å²) >= 11 is 0. The number of carboxylic acids is 1. The lowest BCUT2D eigenvalue weighted by Crippen LogP contribution is -2.08. The fourth-order valence-electron chi connectivity index (χ4n) is 4.11. The Morgan fingerprint density at radius 1 is 0.969 bits per heavy atom. The van der Waals surface area contributed by atoms with E-state index in [0.717, 1.165) is 31.2 Å². The van der Waals surface area contributed by atoms with Crippen molar-refractivity contribution < 1.29 is 29.3 Å². The van der Waals surface area contributed by atoms with Gasteiger partial charge in [0.05, 0.1) is 24.3 Å². The summed E-state index contributed by atoms with van der Waals surface area (Å²) in [5.41, 5.74) is 2.06. The molecule has 0 spiro atoms. The molecule has 2 aromatic carbocycles. The van der Waals surface area contributed by atoms with Gasteiger partial charge >= 0.3 is 5.97 Å². The number of hydrogen-bond donors (Lipinski definition) is 2. The van der Waals surface area contributed by atoms with Gasteiger partial charge in [-0.25, -0.2) is 4.79 Å². The third kappa shape index (κ3) is 6.02. The molecular weight excluding hydrogens is 408 g/mol. The van der Waals surface area contributed by atoms with Gasteiger partial charge in [-0.2, -0.15) is 0 Å². The Labute approximate surface area is 189 Å². The van der Waals surface area contributed by atoms with E-state index >= 15 is 0 Å². The van der Waals surface area contributed by atoms with Gasteiger partial charge in [-0.05, 0) is 62.4 Å². The predicted octanol–water partition coefficient (Wildman–Crippen LogP) is 5.71. The zero-order chi connectivity index (χ0) is 23.1. The number of carbonyl (C=O) groups is 2. The van der Waals surface area contributed by atoms with E-state index in [-0.39, 0.29) is 17.1 Å². The Balaban J connectivity index is 1.45. The lowest BCUT2D eigenvalue weighted by molar-refractivity contribution is 0.0696. The first-order valence-corrected chi connectivity index (χ1v) is 11.3. The molecule has 0 heterocycles. The molecule has 0 aliphatic heterocycles. The maximum absolute atomic E-state index is 12.6. The van der Waals surface area contributed by atoms with E-state index in [9.17, 15) is 14.7 Å². The minimum absolute atomic E-state index is 0.00320. The highest BCUT2D eigenvalue weighted by Crippen LogP contribution is 2.34. The maximum Gasteiger partial charge on any atom is 0.335 e. The Bertz CT molecular complexity index is 959. The SMILES string of the molecule is Cc1ccc(C(=O)O)cc1OCCCCOc1ccc(C(=O)CC2CCCC2)c(O)c1C. The van der Waals surface area contributed by atoms with E-state index < -0.39 is 5.97 Å². The van der Waals surface area contributed by atoms with Crippen LogP contribution in [-0.4, -0.2) is 35.2 Å². The number of benzene rings is 2. The summed E-state index contributed by atoms with van der Waals surface area (Å²) in [5.74, 6) is 0.630. The van der Waals surface area contributed by atoms with Crippen molar-refractivity contribution in [3.8, 4) is 17.2 Å². The van der Waals surface area contributed by atoms with E-state index in [1.807, 2.05) is 6.92 Å². The van der Waals surface area contributed by atoms with Crippen molar-refractivity contribution in [2.24, 2.45) is 5.92 Å². The van der Waals surface area contributed by atoms with Crippen molar-refractivity contribution in [2.75, 3.05) is 13.2 Å². The van der Waals surface area contributed by atoms with Crippen LogP contribution in [0.15, 0.2) is 30.3 Å². The minimum Gasteiger partial charge on any atom is -0.507 e. The second-order valence-electron chi connectivity index (χ2n) is 8.55. The van der Waals surface area contributed by atoms with Crippen molar-refractivity contribution >= 4 is 11.8 Å². The molecule has 0 saturated heterocycles. The van der Waals surface area contributed by atoms with E-state index in [0.29, 0.717) is 48.2 Å². The molecule has 0 radical (unpaired) electrons. The summed E-state index contributed by atoms with van der Waals surface area (Å²) in [6, 6.07) is 8.25. The third-order valence-corrected chi connectivity index (χ3v) is 6.12. The van der Waals surface area contributed by atoms with Crippen LogP contribution in [0.5, 0.6) is 17.2 Å². The maximum atomic E-state index is 12.6.